The fourth-order valence-electron chi connectivity index (χ4n) is 4.80. The highest BCUT2D eigenvalue weighted by Gasteiger charge is 2.53. The molecule has 1 aromatic heterocycles. The summed E-state index contributed by atoms with van der Waals surface area (Å²) in [5.74, 6) is -0.890. The SMILES string of the molecule is COc1ccccc1CNC(=O)[C@]1(C)Cn2cnc(C(=O)NCc3ccc(F)cc3)c2C(=O)N1C1CC1. The number of nitrogens with zero attached hydrogens (tertiary/aromatic N) is 3. The van der Waals surface area contributed by atoms with Gasteiger partial charge in [0.05, 0.1) is 20.0 Å². The van der Waals surface area contributed by atoms with Gasteiger partial charge in [-0.2, -0.15) is 0 Å². The minimum Gasteiger partial charge on any atom is -0.496 e. The summed E-state index contributed by atoms with van der Waals surface area (Å²) in [5.41, 5.74) is 0.557. The first-order valence-corrected chi connectivity index (χ1v) is 12.1. The zero-order valence-corrected chi connectivity index (χ0v) is 20.7. The van der Waals surface area contributed by atoms with Gasteiger partial charge in [-0.3, -0.25) is 14.4 Å². The van der Waals surface area contributed by atoms with E-state index in [2.05, 4.69) is 15.6 Å². The maximum Gasteiger partial charge on any atom is 0.274 e. The minimum absolute atomic E-state index is 0.00856. The van der Waals surface area contributed by atoms with Gasteiger partial charge in [0.15, 0.2) is 5.69 Å². The van der Waals surface area contributed by atoms with Gasteiger partial charge in [0.25, 0.3) is 11.8 Å². The van der Waals surface area contributed by atoms with Crippen molar-refractivity contribution in [2.45, 2.75) is 51.0 Å². The number of nitrogens with one attached hydrogen (secondary N) is 2. The van der Waals surface area contributed by atoms with Gasteiger partial charge in [-0.1, -0.05) is 30.3 Å². The molecule has 3 aromatic rings. The number of imidazole rings is 1. The Hall–Kier alpha value is -4.21. The zero-order valence-electron chi connectivity index (χ0n) is 20.7. The van der Waals surface area contributed by atoms with Crippen molar-refractivity contribution in [1.29, 1.82) is 0 Å². The topological polar surface area (TPSA) is 106 Å². The number of benzene rings is 2. The van der Waals surface area contributed by atoms with Crippen LogP contribution >= 0.6 is 0 Å². The fourth-order valence-corrected chi connectivity index (χ4v) is 4.80. The van der Waals surface area contributed by atoms with Crippen LogP contribution in [0.1, 0.15) is 51.9 Å². The molecular weight excluding hydrogens is 477 g/mol. The molecular formula is C27H28FN5O4. The number of rotatable bonds is 8. The van der Waals surface area contributed by atoms with Crippen LogP contribution in [0.15, 0.2) is 54.9 Å². The van der Waals surface area contributed by atoms with Crippen LogP contribution in [-0.4, -0.2) is 50.9 Å². The van der Waals surface area contributed by atoms with E-state index in [9.17, 15) is 18.8 Å². The molecule has 1 saturated carbocycles. The summed E-state index contributed by atoms with van der Waals surface area (Å²) >= 11 is 0. The molecule has 0 unspecified atom stereocenters. The largest absolute Gasteiger partial charge is 0.496 e. The number of amides is 3. The number of hydrogen-bond donors (Lipinski definition) is 2. The summed E-state index contributed by atoms with van der Waals surface area (Å²) in [6.07, 6.45) is 3.01. The maximum atomic E-state index is 13.7. The number of methoxy groups -OCH3 is 1. The molecule has 9 nitrogen and oxygen atoms in total. The molecule has 0 spiro atoms. The van der Waals surface area contributed by atoms with Crippen molar-refractivity contribution in [2.24, 2.45) is 0 Å². The van der Waals surface area contributed by atoms with Gasteiger partial charge in [0.1, 0.15) is 22.8 Å². The first-order chi connectivity index (χ1) is 17.8. The predicted octanol–water partition coefficient (Wildman–Crippen LogP) is 2.65. The van der Waals surface area contributed by atoms with E-state index in [0.29, 0.717) is 11.3 Å². The molecule has 1 aliphatic heterocycles. The molecule has 2 aliphatic rings. The van der Waals surface area contributed by atoms with Crippen molar-refractivity contribution in [3.63, 3.8) is 0 Å². The highest BCUT2D eigenvalue weighted by Crippen LogP contribution is 2.39. The Bertz CT molecular complexity index is 1350. The van der Waals surface area contributed by atoms with Crippen molar-refractivity contribution in [3.05, 3.63) is 83.2 Å². The van der Waals surface area contributed by atoms with Crippen molar-refractivity contribution >= 4 is 17.7 Å². The summed E-state index contributed by atoms with van der Waals surface area (Å²) in [6.45, 7) is 2.33. The lowest BCUT2D eigenvalue weighted by molar-refractivity contribution is -0.133. The van der Waals surface area contributed by atoms with Crippen molar-refractivity contribution in [2.75, 3.05) is 7.11 Å². The summed E-state index contributed by atoms with van der Waals surface area (Å²) in [6, 6.07) is 13.1. The lowest BCUT2D eigenvalue weighted by Crippen LogP contribution is -2.64. The van der Waals surface area contributed by atoms with Gasteiger partial charge in [0, 0.05) is 24.7 Å². The van der Waals surface area contributed by atoms with Crippen LogP contribution in [-0.2, 0) is 24.4 Å². The third kappa shape index (κ3) is 4.66. The summed E-state index contributed by atoms with van der Waals surface area (Å²) in [5, 5.41) is 5.71. The van der Waals surface area contributed by atoms with Crippen LogP contribution in [0, 0.1) is 5.82 Å². The van der Waals surface area contributed by atoms with Crippen molar-refractivity contribution < 1.29 is 23.5 Å². The van der Waals surface area contributed by atoms with Gasteiger partial charge in [-0.05, 0) is 43.5 Å². The molecule has 3 amide bonds. The van der Waals surface area contributed by atoms with Crippen LogP contribution in [0.4, 0.5) is 4.39 Å². The fraction of sp³-hybridized carbons (Fsp3) is 0.333. The highest BCUT2D eigenvalue weighted by molar-refractivity contribution is 6.07. The molecule has 2 aromatic carbocycles. The Morgan fingerprint density at radius 1 is 1.11 bits per heavy atom. The van der Waals surface area contributed by atoms with E-state index in [1.165, 1.54) is 18.5 Å². The Morgan fingerprint density at radius 3 is 2.54 bits per heavy atom. The summed E-state index contributed by atoms with van der Waals surface area (Å²) < 4.78 is 20.1. The van der Waals surface area contributed by atoms with Gasteiger partial charge in [-0.25, -0.2) is 9.37 Å². The van der Waals surface area contributed by atoms with Gasteiger partial charge >= 0.3 is 0 Å². The Kier molecular flexibility index (Phi) is 6.41. The van der Waals surface area contributed by atoms with Crippen LogP contribution in [0.3, 0.4) is 0 Å². The normalized spacial score (nSPS) is 18.8. The summed E-state index contributed by atoms with van der Waals surface area (Å²) in [4.78, 5) is 46.0. The number of fused-ring (bicyclic) bond motifs is 1. The molecule has 10 heteroatoms. The first-order valence-electron chi connectivity index (χ1n) is 12.1. The monoisotopic (exact) mass is 505 g/mol. The van der Waals surface area contributed by atoms with Gasteiger partial charge in [-0.15, -0.1) is 0 Å². The van der Waals surface area contributed by atoms with E-state index in [1.807, 2.05) is 24.3 Å². The van der Waals surface area contributed by atoms with Crippen LogP contribution < -0.4 is 15.4 Å². The Balaban J connectivity index is 1.36. The maximum absolute atomic E-state index is 13.7. The predicted molar refractivity (Wildman–Crippen MR) is 132 cm³/mol. The van der Waals surface area contributed by atoms with E-state index >= 15 is 0 Å². The molecule has 192 valence electrons. The first kappa shape index (κ1) is 24.5. The third-order valence-corrected chi connectivity index (χ3v) is 6.88. The summed E-state index contributed by atoms with van der Waals surface area (Å²) in [7, 11) is 1.57. The molecule has 1 aliphatic carbocycles. The number of aromatic nitrogens is 2. The average Bonchev–Trinajstić information content (AvgIpc) is 3.64. The number of hydrogen-bond acceptors (Lipinski definition) is 5. The van der Waals surface area contributed by atoms with Crippen LogP contribution in [0.2, 0.25) is 0 Å². The number of halogens is 1. The third-order valence-electron chi connectivity index (χ3n) is 6.88. The standard InChI is InChI=1S/C27H28FN5O4/c1-27(26(36)30-14-18-5-3-4-6-21(18)37-2)15-32-16-31-22(23(32)25(35)33(27)20-11-12-20)24(34)29-13-17-7-9-19(28)10-8-17/h3-10,16,20H,11-15H2,1-2H3,(H,29,34)(H,30,36)/t27-/m0/s1. The number of carbonyl (C=O) groups excluding carboxylic acids is 3. The lowest BCUT2D eigenvalue weighted by Gasteiger charge is -2.44. The second-order valence-corrected chi connectivity index (χ2v) is 9.55. The molecule has 1 atom stereocenters. The average molecular weight is 506 g/mol. The van der Waals surface area contributed by atoms with E-state index < -0.39 is 17.4 Å². The van der Waals surface area contributed by atoms with E-state index in [0.717, 1.165) is 18.4 Å². The molecule has 0 radical (unpaired) electrons. The molecule has 0 saturated heterocycles. The molecule has 2 heterocycles. The van der Waals surface area contributed by atoms with Crippen molar-refractivity contribution in [3.8, 4) is 5.75 Å². The Morgan fingerprint density at radius 2 is 1.84 bits per heavy atom. The van der Waals surface area contributed by atoms with Crippen molar-refractivity contribution in [1.82, 2.24) is 25.1 Å². The van der Waals surface area contributed by atoms with Gasteiger partial charge in [0.2, 0.25) is 5.91 Å². The quantitative estimate of drug-likeness (QED) is 0.490. The number of carbonyl (C=O) groups is 3. The van der Waals surface area contributed by atoms with E-state index in [1.54, 1.807) is 35.6 Å². The highest BCUT2D eigenvalue weighted by atomic mass is 19.1. The number of para-hydroxylation sites is 1. The molecule has 1 fully saturated rings. The smallest absolute Gasteiger partial charge is 0.274 e. The molecule has 2 N–H and O–H groups in total. The van der Waals surface area contributed by atoms with E-state index in [4.69, 9.17) is 4.74 Å². The minimum atomic E-state index is -1.16. The number of ether oxygens (including phenoxy) is 1. The lowest BCUT2D eigenvalue weighted by atomic mass is 9.93. The molecule has 0 bridgehead atoms. The molecule has 37 heavy (non-hydrogen) atoms. The molecule has 5 rings (SSSR count). The zero-order chi connectivity index (χ0) is 26.2. The second kappa shape index (κ2) is 9.68. The Labute approximate surface area is 213 Å². The van der Waals surface area contributed by atoms with Gasteiger partial charge < -0.3 is 24.8 Å². The van der Waals surface area contributed by atoms with Crippen LogP contribution in [0.25, 0.3) is 0 Å². The second-order valence-electron chi connectivity index (χ2n) is 9.55. The van der Waals surface area contributed by atoms with E-state index in [-0.39, 0.29) is 48.8 Å². The van der Waals surface area contributed by atoms with Crippen LogP contribution in [0.5, 0.6) is 5.75 Å².